The van der Waals surface area contributed by atoms with Crippen molar-refractivity contribution in [3.63, 3.8) is 0 Å². The van der Waals surface area contributed by atoms with Gasteiger partial charge in [-0.1, -0.05) is 18.2 Å². The van der Waals surface area contributed by atoms with E-state index >= 15 is 0 Å². The zero-order valence-corrected chi connectivity index (χ0v) is 15.0. The average molecular weight is 372 g/mol. The van der Waals surface area contributed by atoms with Gasteiger partial charge in [0.2, 0.25) is 0 Å². The zero-order valence-electron chi connectivity index (χ0n) is 15.0. The van der Waals surface area contributed by atoms with Gasteiger partial charge in [0.15, 0.2) is 0 Å². The van der Waals surface area contributed by atoms with E-state index < -0.39 is 22.8 Å². The van der Waals surface area contributed by atoms with Crippen LogP contribution >= 0.6 is 0 Å². The molecule has 0 spiro atoms. The molecule has 2 aromatic carbocycles. The number of hydrogen-bond donors (Lipinski definition) is 1. The molecule has 0 heterocycles. The van der Waals surface area contributed by atoms with E-state index in [9.17, 15) is 19.7 Å². The van der Waals surface area contributed by atoms with Gasteiger partial charge < -0.3 is 14.8 Å². The number of hydrogen-bond acceptors (Lipinski definition) is 6. The second-order valence-electron chi connectivity index (χ2n) is 5.62. The minimum atomic E-state index is -0.651. The zero-order chi connectivity index (χ0) is 19.8. The minimum Gasteiger partial charge on any atom is -0.497 e. The number of rotatable bonds is 8. The van der Waals surface area contributed by atoms with Gasteiger partial charge in [-0.3, -0.25) is 19.7 Å². The summed E-state index contributed by atoms with van der Waals surface area (Å²) in [6, 6.07) is 11.6. The molecule has 0 bridgehead atoms. The van der Waals surface area contributed by atoms with Crippen molar-refractivity contribution in [1.82, 2.24) is 5.32 Å². The largest absolute Gasteiger partial charge is 0.497 e. The molecular weight excluding hydrogens is 352 g/mol. The highest BCUT2D eigenvalue weighted by Gasteiger charge is 2.21. The Morgan fingerprint density at radius 3 is 2.48 bits per heavy atom. The van der Waals surface area contributed by atoms with Gasteiger partial charge in [0.1, 0.15) is 5.75 Å². The smallest absolute Gasteiger partial charge is 0.308 e. The standard InChI is InChI=1S/C19H20N2O6/c1-3-27-18(22)12-17(13-7-9-16(26-2)10-8-13)20-19(23)14-5-4-6-15(11-14)21(24)25/h4-11,17H,3,12H2,1-2H3,(H,20,23). The van der Waals surface area contributed by atoms with Gasteiger partial charge in [-0.05, 0) is 30.7 Å². The van der Waals surface area contributed by atoms with Crippen LogP contribution in [-0.2, 0) is 9.53 Å². The number of non-ortho nitro benzene ring substituents is 1. The Labute approximate surface area is 156 Å². The molecule has 0 fully saturated rings. The Kier molecular flexibility index (Phi) is 6.87. The minimum absolute atomic E-state index is 0.0686. The molecule has 0 saturated carbocycles. The van der Waals surface area contributed by atoms with Crippen molar-refractivity contribution < 1.29 is 24.0 Å². The molecule has 1 atom stereocenters. The van der Waals surface area contributed by atoms with Crippen LogP contribution in [0.4, 0.5) is 5.69 Å². The summed E-state index contributed by atoms with van der Waals surface area (Å²) in [5, 5.41) is 13.6. The Bertz CT molecular complexity index is 819. The molecule has 27 heavy (non-hydrogen) atoms. The number of methoxy groups -OCH3 is 1. The maximum absolute atomic E-state index is 12.6. The highest BCUT2D eigenvalue weighted by molar-refractivity contribution is 5.95. The first-order chi connectivity index (χ1) is 12.9. The lowest BCUT2D eigenvalue weighted by atomic mass is 10.0. The number of esters is 1. The molecule has 2 aromatic rings. The van der Waals surface area contributed by atoms with Crippen LogP contribution in [-0.4, -0.2) is 30.5 Å². The number of ether oxygens (including phenoxy) is 2. The molecule has 0 aromatic heterocycles. The van der Waals surface area contributed by atoms with Crippen LogP contribution in [0.25, 0.3) is 0 Å². The highest BCUT2D eigenvalue weighted by atomic mass is 16.6. The van der Waals surface area contributed by atoms with Gasteiger partial charge in [-0.2, -0.15) is 0 Å². The van der Waals surface area contributed by atoms with Crippen molar-refractivity contribution in [1.29, 1.82) is 0 Å². The molecule has 8 heteroatoms. The Morgan fingerprint density at radius 1 is 1.19 bits per heavy atom. The number of nitro groups is 1. The average Bonchev–Trinajstić information content (AvgIpc) is 2.67. The molecule has 0 saturated heterocycles. The molecule has 0 radical (unpaired) electrons. The normalized spacial score (nSPS) is 11.3. The Balaban J connectivity index is 2.24. The quantitative estimate of drug-likeness (QED) is 0.433. The van der Waals surface area contributed by atoms with Crippen molar-refractivity contribution in [3.8, 4) is 5.75 Å². The summed E-state index contributed by atoms with van der Waals surface area (Å²) in [7, 11) is 1.54. The Hall–Kier alpha value is -3.42. The summed E-state index contributed by atoms with van der Waals surface area (Å²) in [6.07, 6.45) is -0.0686. The molecule has 1 unspecified atom stereocenters. The van der Waals surface area contributed by atoms with E-state index in [1.54, 1.807) is 31.2 Å². The lowest BCUT2D eigenvalue weighted by Gasteiger charge is -2.19. The van der Waals surface area contributed by atoms with E-state index in [-0.39, 0.29) is 24.3 Å². The number of benzene rings is 2. The van der Waals surface area contributed by atoms with Crippen LogP contribution in [0.1, 0.15) is 35.3 Å². The topological polar surface area (TPSA) is 108 Å². The maximum atomic E-state index is 12.6. The van der Waals surface area contributed by atoms with Gasteiger partial charge in [0.05, 0.1) is 31.1 Å². The van der Waals surface area contributed by atoms with Crippen molar-refractivity contribution in [2.45, 2.75) is 19.4 Å². The van der Waals surface area contributed by atoms with Gasteiger partial charge in [0, 0.05) is 17.7 Å². The summed E-state index contributed by atoms with van der Waals surface area (Å²) in [5.41, 5.74) is 0.628. The number of nitrogens with zero attached hydrogens (tertiary/aromatic N) is 1. The number of nitro benzene ring substituents is 1. The van der Waals surface area contributed by atoms with E-state index in [4.69, 9.17) is 9.47 Å². The van der Waals surface area contributed by atoms with Crippen LogP contribution in [0.15, 0.2) is 48.5 Å². The van der Waals surface area contributed by atoms with E-state index in [0.717, 1.165) is 0 Å². The predicted molar refractivity (Wildman–Crippen MR) is 97.5 cm³/mol. The van der Waals surface area contributed by atoms with Gasteiger partial charge in [0.25, 0.3) is 11.6 Å². The summed E-state index contributed by atoms with van der Waals surface area (Å²) in [6.45, 7) is 1.93. The lowest BCUT2D eigenvalue weighted by molar-refractivity contribution is -0.384. The molecule has 8 nitrogen and oxygen atoms in total. The van der Waals surface area contributed by atoms with E-state index in [1.165, 1.54) is 31.4 Å². The Morgan fingerprint density at radius 2 is 1.89 bits per heavy atom. The van der Waals surface area contributed by atoms with Crippen LogP contribution in [0, 0.1) is 10.1 Å². The monoisotopic (exact) mass is 372 g/mol. The van der Waals surface area contributed by atoms with Gasteiger partial charge >= 0.3 is 5.97 Å². The molecule has 0 aliphatic carbocycles. The fraction of sp³-hybridized carbons (Fsp3) is 0.263. The molecule has 2 rings (SSSR count). The van der Waals surface area contributed by atoms with Crippen LogP contribution in [0.5, 0.6) is 5.75 Å². The first-order valence-corrected chi connectivity index (χ1v) is 8.29. The summed E-state index contributed by atoms with van der Waals surface area (Å²) in [4.78, 5) is 34.8. The van der Waals surface area contributed by atoms with E-state index in [0.29, 0.717) is 11.3 Å². The summed E-state index contributed by atoms with van der Waals surface area (Å²) < 4.78 is 10.1. The van der Waals surface area contributed by atoms with Gasteiger partial charge in [-0.25, -0.2) is 0 Å². The van der Waals surface area contributed by atoms with E-state index in [2.05, 4.69) is 5.32 Å². The van der Waals surface area contributed by atoms with Crippen molar-refractivity contribution in [2.75, 3.05) is 13.7 Å². The summed E-state index contributed by atoms with van der Waals surface area (Å²) >= 11 is 0. The highest BCUT2D eigenvalue weighted by Crippen LogP contribution is 2.22. The third-order valence-electron chi connectivity index (χ3n) is 3.82. The second-order valence-corrected chi connectivity index (χ2v) is 5.62. The molecule has 1 N–H and O–H groups in total. The van der Waals surface area contributed by atoms with Gasteiger partial charge in [-0.15, -0.1) is 0 Å². The molecule has 142 valence electrons. The van der Waals surface area contributed by atoms with Crippen molar-refractivity contribution in [3.05, 3.63) is 69.8 Å². The summed E-state index contributed by atoms with van der Waals surface area (Å²) in [5.74, 6) is -0.347. The number of carbonyl (C=O) groups excluding carboxylic acids is 2. The second kappa shape index (κ2) is 9.33. The SMILES string of the molecule is CCOC(=O)CC(NC(=O)c1cccc([N+](=O)[O-])c1)c1ccc(OC)cc1. The lowest BCUT2D eigenvalue weighted by Crippen LogP contribution is -2.30. The molecule has 0 aliphatic rings. The third kappa shape index (κ3) is 5.53. The maximum Gasteiger partial charge on any atom is 0.308 e. The van der Waals surface area contributed by atoms with Crippen LogP contribution in [0.2, 0.25) is 0 Å². The predicted octanol–water partition coefficient (Wildman–Crippen LogP) is 3.03. The fourth-order valence-corrected chi connectivity index (χ4v) is 2.48. The molecule has 0 aliphatic heterocycles. The number of carbonyl (C=O) groups is 2. The van der Waals surface area contributed by atoms with E-state index in [1.807, 2.05) is 0 Å². The molecular formula is C19H20N2O6. The molecule has 1 amide bonds. The van der Waals surface area contributed by atoms with Crippen LogP contribution < -0.4 is 10.1 Å². The van der Waals surface area contributed by atoms with Crippen molar-refractivity contribution >= 4 is 17.6 Å². The first kappa shape index (κ1) is 19.9. The van der Waals surface area contributed by atoms with Crippen LogP contribution in [0.3, 0.4) is 0 Å². The number of nitrogens with one attached hydrogen (secondary N) is 1. The van der Waals surface area contributed by atoms with Crippen molar-refractivity contribution in [2.24, 2.45) is 0 Å². The first-order valence-electron chi connectivity index (χ1n) is 8.29. The fourth-order valence-electron chi connectivity index (χ4n) is 2.48. The number of amides is 1. The third-order valence-corrected chi connectivity index (χ3v) is 3.82.